The SMILES string of the molecule is CCNc1cccnc1S(=O)(=O)Nc1cc(F)ccc1C. The lowest BCUT2D eigenvalue weighted by Gasteiger charge is -2.13. The highest BCUT2D eigenvalue weighted by Crippen LogP contribution is 2.23. The molecule has 21 heavy (non-hydrogen) atoms. The second-order valence-electron chi connectivity index (χ2n) is 4.45. The number of aromatic nitrogens is 1. The van der Waals surface area contributed by atoms with Gasteiger partial charge in [-0.15, -0.1) is 0 Å². The molecule has 112 valence electrons. The fraction of sp³-hybridized carbons (Fsp3) is 0.214. The van der Waals surface area contributed by atoms with Crippen molar-refractivity contribution < 1.29 is 12.8 Å². The lowest BCUT2D eigenvalue weighted by atomic mass is 10.2. The summed E-state index contributed by atoms with van der Waals surface area (Å²) >= 11 is 0. The fourth-order valence-electron chi connectivity index (χ4n) is 1.83. The molecule has 0 aliphatic heterocycles. The number of nitrogens with one attached hydrogen (secondary N) is 2. The summed E-state index contributed by atoms with van der Waals surface area (Å²) in [6.07, 6.45) is 1.40. The molecule has 1 aromatic heterocycles. The molecule has 1 aromatic carbocycles. The number of anilines is 2. The third-order valence-corrected chi connectivity index (χ3v) is 4.16. The van der Waals surface area contributed by atoms with E-state index in [4.69, 9.17) is 0 Å². The summed E-state index contributed by atoms with van der Waals surface area (Å²) in [5.41, 5.74) is 1.23. The van der Waals surface area contributed by atoms with E-state index in [0.717, 1.165) is 6.07 Å². The normalized spacial score (nSPS) is 11.2. The van der Waals surface area contributed by atoms with Crippen LogP contribution in [0.4, 0.5) is 15.8 Å². The van der Waals surface area contributed by atoms with Crippen LogP contribution in [0.1, 0.15) is 12.5 Å². The first-order valence-corrected chi connectivity index (χ1v) is 7.90. The van der Waals surface area contributed by atoms with E-state index in [2.05, 4.69) is 15.0 Å². The van der Waals surface area contributed by atoms with Crippen molar-refractivity contribution in [3.63, 3.8) is 0 Å². The Balaban J connectivity index is 2.41. The molecule has 5 nitrogen and oxygen atoms in total. The van der Waals surface area contributed by atoms with Gasteiger partial charge in [0.15, 0.2) is 5.03 Å². The van der Waals surface area contributed by atoms with E-state index in [1.165, 1.54) is 18.3 Å². The van der Waals surface area contributed by atoms with Crippen LogP contribution >= 0.6 is 0 Å². The van der Waals surface area contributed by atoms with Crippen LogP contribution < -0.4 is 10.0 Å². The summed E-state index contributed by atoms with van der Waals surface area (Å²) in [4.78, 5) is 3.91. The van der Waals surface area contributed by atoms with E-state index in [-0.39, 0.29) is 10.7 Å². The number of pyridine rings is 1. The molecule has 2 N–H and O–H groups in total. The number of hydrogen-bond donors (Lipinski definition) is 2. The summed E-state index contributed by atoms with van der Waals surface area (Å²) in [6.45, 7) is 4.11. The van der Waals surface area contributed by atoms with Crippen LogP contribution in [0.2, 0.25) is 0 Å². The van der Waals surface area contributed by atoms with Gasteiger partial charge in [-0.25, -0.2) is 9.37 Å². The van der Waals surface area contributed by atoms with Crippen molar-refractivity contribution >= 4 is 21.4 Å². The van der Waals surface area contributed by atoms with Crippen LogP contribution in [0.5, 0.6) is 0 Å². The van der Waals surface area contributed by atoms with E-state index in [0.29, 0.717) is 17.8 Å². The van der Waals surface area contributed by atoms with Crippen LogP contribution in [-0.4, -0.2) is 19.9 Å². The van der Waals surface area contributed by atoms with E-state index in [9.17, 15) is 12.8 Å². The zero-order chi connectivity index (χ0) is 15.5. The number of sulfonamides is 1. The van der Waals surface area contributed by atoms with Gasteiger partial charge in [0.2, 0.25) is 0 Å². The molecule has 0 atom stereocenters. The Bertz CT molecular complexity index is 748. The molecule has 0 fully saturated rings. The molecule has 2 rings (SSSR count). The lowest BCUT2D eigenvalue weighted by molar-refractivity contribution is 0.597. The van der Waals surface area contributed by atoms with Crippen LogP contribution in [0, 0.1) is 12.7 Å². The predicted octanol–water partition coefficient (Wildman–Crippen LogP) is 2.76. The van der Waals surface area contributed by atoms with Crippen LogP contribution in [0.3, 0.4) is 0 Å². The van der Waals surface area contributed by atoms with Crippen molar-refractivity contribution in [2.45, 2.75) is 18.9 Å². The van der Waals surface area contributed by atoms with Gasteiger partial charge in [0.05, 0.1) is 11.4 Å². The number of aryl methyl sites for hydroxylation is 1. The predicted molar refractivity (Wildman–Crippen MR) is 80.3 cm³/mol. The van der Waals surface area contributed by atoms with Gasteiger partial charge in [-0.05, 0) is 43.7 Å². The first-order valence-electron chi connectivity index (χ1n) is 6.42. The molecule has 0 aliphatic rings. The van der Waals surface area contributed by atoms with Gasteiger partial charge in [0, 0.05) is 12.7 Å². The number of halogens is 1. The van der Waals surface area contributed by atoms with Gasteiger partial charge >= 0.3 is 0 Å². The van der Waals surface area contributed by atoms with Crippen LogP contribution in [-0.2, 0) is 10.0 Å². The Morgan fingerprint density at radius 3 is 2.71 bits per heavy atom. The van der Waals surface area contributed by atoms with Gasteiger partial charge < -0.3 is 5.32 Å². The second-order valence-corrected chi connectivity index (χ2v) is 6.05. The quantitative estimate of drug-likeness (QED) is 0.891. The molecule has 0 aliphatic carbocycles. The summed E-state index contributed by atoms with van der Waals surface area (Å²) < 4.78 is 40.5. The summed E-state index contributed by atoms with van der Waals surface area (Å²) in [6, 6.07) is 7.20. The van der Waals surface area contributed by atoms with Crippen molar-refractivity contribution in [1.29, 1.82) is 0 Å². The zero-order valence-electron chi connectivity index (χ0n) is 11.7. The largest absolute Gasteiger partial charge is 0.383 e. The molecular formula is C14H16FN3O2S. The van der Waals surface area contributed by atoms with Gasteiger partial charge in [-0.1, -0.05) is 6.07 Å². The highest BCUT2D eigenvalue weighted by Gasteiger charge is 2.21. The van der Waals surface area contributed by atoms with E-state index in [1.54, 1.807) is 19.1 Å². The second kappa shape index (κ2) is 6.09. The van der Waals surface area contributed by atoms with Gasteiger partial charge in [0.1, 0.15) is 5.82 Å². The zero-order valence-corrected chi connectivity index (χ0v) is 12.5. The molecule has 0 saturated heterocycles. The van der Waals surface area contributed by atoms with E-state index in [1.807, 2.05) is 6.92 Å². The summed E-state index contributed by atoms with van der Waals surface area (Å²) in [5, 5.41) is 2.82. The van der Waals surface area contributed by atoms with Crippen molar-refractivity contribution in [3.05, 3.63) is 47.9 Å². The minimum absolute atomic E-state index is 0.115. The van der Waals surface area contributed by atoms with Gasteiger partial charge in [-0.2, -0.15) is 8.42 Å². The molecule has 7 heteroatoms. The highest BCUT2D eigenvalue weighted by atomic mass is 32.2. The monoisotopic (exact) mass is 309 g/mol. The number of rotatable bonds is 5. The Labute approximate surface area is 123 Å². The Morgan fingerprint density at radius 1 is 1.24 bits per heavy atom. The van der Waals surface area contributed by atoms with Crippen molar-refractivity contribution in [2.75, 3.05) is 16.6 Å². The maximum absolute atomic E-state index is 13.3. The first kappa shape index (κ1) is 15.2. The van der Waals surface area contributed by atoms with Gasteiger partial charge in [0.25, 0.3) is 10.0 Å². The van der Waals surface area contributed by atoms with Crippen LogP contribution in [0.25, 0.3) is 0 Å². The lowest BCUT2D eigenvalue weighted by Crippen LogP contribution is -2.17. The Hall–Kier alpha value is -2.15. The van der Waals surface area contributed by atoms with E-state index >= 15 is 0 Å². The number of hydrogen-bond acceptors (Lipinski definition) is 4. The minimum Gasteiger partial charge on any atom is -0.383 e. The van der Waals surface area contributed by atoms with Crippen molar-refractivity contribution in [2.24, 2.45) is 0 Å². The Morgan fingerprint density at radius 2 is 2.00 bits per heavy atom. The molecule has 2 aromatic rings. The molecule has 0 bridgehead atoms. The average molecular weight is 309 g/mol. The summed E-state index contributed by atoms with van der Waals surface area (Å²) in [7, 11) is -3.90. The topological polar surface area (TPSA) is 71.1 Å². The molecular weight excluding hydrogens is 293 g/mol. The smallest absolute Gasteiger partial charge is 0.281 e. The third-order valence-electron chi connectivity index (χ3n) is 2.84. The average Bonchev–Trinajstić information content (AvgIpc) is 2.43. The molecule has 0 radical (unpaired) electrons. The molecule has 1 heterocycles. The van der Waals surface area contributed by atoms with Gasteiger partial charge in [-0.3, -0.25) is 4.72 Å². The fourth-order valence-corrected chi connectivity index (χ4v) is 3.06. The maximum Gasteiger partial charge on any atom is 0.281 e. The third kappa shape index (κ3) is 3.49. The van der Waals surface area contributed by atoms with Crippen molar-refractivity contribution in [1.82, 2.24) is 4.98 Å². The Kier molecular flexibility index (Phi) is 4.42. The first-order chi connectivity index (χ1) is 9.94. The maximum atomic E-state index is 13.3. The molecule has 0 spiro atoms. The van der Waals surface area contributed by atoms with Crippen molar-refractivity contribution in [3.8, 4) is 0 Å². The number of benzene rings is 1. The number of nitrogens with zero attached hydrogens (tertiary/aromatic N) is 1. The highest BCUT2D eigenvalue weighted by molar-refractivity contribution is 7.92. The minimum atomic E-state index is -3.90. The van der Waals surface area contributed by atoms with Crippen LogP contribution in [0.15, 0.2) is 41.6 Å². The van der Waals surface area contributed by atoms with E-state index < -0.39 is 15.8 Å². The summed E-state index contributed by atoms with van der Waals surface area (Å²) in [5.74, 6) is -0.508. The molecule has 0 amide bonds. The standard InChI is InChI=1S/C14H16FN3O2S/c1-3-16-12-5-4-8-17-14(12)21(19,20)18-13-9-11(15)7-6-10(13)2/h4-9,16,18H,3H2,1-2H3. The molecule has 0 saturated carbocycles. The molecule has 0 unspecified atom stereocenters.